The Labute approximate surface area is 143 Å². The van der Waals surface area contributed by atoms with E-state index in [9.17, 15) is 26.5 Å². The first-order chi connectivity index (χ1) is 10.9. The van der Waals surface area contributed by atoms with Gasteiger partial charge >= 0.3 is 6.18 Å². The van der Waals surface area contributed by atoms with Crippen LogP contribution < -0.4 is 4.72 Å². The van der Waals surface area contributed by atoms with Gasteiger partial charge in [0.25, 0.3) is 0 Å². The topological polar surface area (TPSA) is 93.4 Å². The van der Waals surface area contributed by atoms with E-state index in [4.69, 9.17) is 23.2 Å². The maximum absolute atomic E-state index is 12.8. The van der Waals surface area contributed by atoms with Crippen LogP contribution in [0.3, 0.4) is 0 Å². The Morgan fingerprint density at radius 1 is 1.25 bits per heavy atom. The predicted octanol–water partition coefficient (Wildman–Crippen LogP) is 3.97. The molecule has 2 rings (SSSR count). The van der Waals surface area contributed by atoms with Crippen molar-refractivity contribution in [3.63, 3.8) is 0 Å². The van der Waals surface area contributed by atoms with Gasteiger partial charge < -0.3 is 0 Å². The zero-order valence-corrected chi connectivity index (χ0v) is 13.9. The van der Waals surface area contributed by atoms with E-state index in [2.05, 4.69) is 10.3 Å². The lowest BCUT2D eigenvalue weighted by Crippen LogP contribution is -2.14. The molecule has 0 radical (unpaired) electrons. The second-order valence-electron chi connectivity index (χ2n) is 4.54. The minimum Gasteiger partial charge on any atom is -0.266 e. The van der Waals surface area contributed by atoms with Crippen molar-refractivity contribution in [2.24, 2.45) is 5.18 Å². The van der Waals surface area contributed by atoms with Crippen molar-refractivity contribution in [3.8, 4) is 5.69 Å². The lowest BCUT2D eigenvalue weighted by Gasteiger charge is -2.14. The number of nitrogens with zero attached hydrogens (tertiary/aromatic N) is 3. The van der Waals surface area contributed by atoms with Crippen LogP contribution in [0.1, 0.15) is 5.56 Å². The Kier molecular flexibility index (Phi) is 4.79. The van der Waals surface area contributed by atoms with Gasteiger partial charge in [0.05, 0.1) is 28.1 Å². The standard InChI is InChI=1S/C11H7Cl2F3N4O3S/c1-24(22,23)19-10-8(18-21)4-17-20(10)9-6(12)2-5(3-7(9)13)11(14,15)16/h2-4,19H,1H3. The molecule has 1 heterocycles. The number of anilines is 1. The molecule has 0 aliphatic heterocycles. The van der Waals surface area contributed by atoms with E-state index in [0.717, 1.165) is 17.1 Å². The number of hydrogen-bond donors (Lipinski definition) is 1. The number of hydrogen-bond acceptors (Lipinski definition) is 5. The summed E-state index contributed by atoms with van der Waals surface area (Å²) in [5.41, 5.74) is -1.74. The van der Waals surface area contributed by atoms with Crippen molar-refractivity contribution in [1.82, 2.24) is 9.78 Å². The molecule has 1 aromatic heterocycles. The monoisotopic (exact) mass is 402 g/mol. The first-order valence-corrected chi connectivity index (χ1v) is 8.54. The Hall–Kier alpha value is -1.85. The minimum atomic E-state index is -4.68. The molecule has 0 saturated heterocycles. The first-order valence-electron chi connectivity index (χ1n) is 5.90. The molecule has 0 unspecified atom stereocenters. The molecule has 13 heteroatoms. The molecule has 1 N–H and O–H groups in total. The molecular weight excluding hydrogens is 396 g/mol. The highest BCUT2D eigenvalue weighted by atomic mass is 35.5. The molecule has 0 saturated carbocycles. The second kappa shape index (κ2) is 6.22. The van der Waals surface area contributed by atoms with Crippen LogP contribution in [-0.4, -0.2) is 24.5 Å². The molecule has 0 bridgehead atoms. The lowest BCUT2D eigenvalue weighted by atomic mass is 10.2. The van der Waals surface area contributed by atoms with Crippen LogP contribution in [0.15, 0.2) is 23.5 Å². The molecule has 1 aromatic carbocycles. The van der Waals surface area contributed by atoms with E-state index in [1.54, 1.807) is 0 Å². The quantitative estimate of drug-likeness (QED) is 0.782. The van der Waals surface area contributed by atoms with E-state index >= 15 is 0 Å². The van der Waals surface area contributed by atoms with E-state index in [-0.39, 0.29) is 5.69 Å². The van der Waals surface area contributed by atoms with Gasteiger partial charge in [0.15, 0.2) is 11.5 Å². The molecule has 0 aliphatic rings. The van der Waals surface area contributed by atoms with Crippen LogP contribution in [0.5, 0.6) is 0 Å². The normalized spacial score (nSPS) is 12.2. The van der Waals surface area contributed by atoms with Crippen LogP contribution in [0, 0.1) is 4.91 Å². The highest BCUT2D eigenvalue weighted by Gasteiger charge is 2.32. The van der Waals surface area contributed by atoms with Gasteiger partial charge in [-0.05, 0) is 17.3 Å². The average Bonchev–Trinajstić information content (AvgIpc) is 2.77. The second-order valence-corrected chi connectivity index (χ2v) is 7.10. The zero-order chi connectivity index (χ0) is 18.3. The summed E-state index contributed by atoms with van der Waals surface area (Å²) in [5, 5.41) is 5.39. The molecule has 130 valence electrons. The van der Waals surface area contributed by atoms with Gasteiger partial charge in [0.1, 0.15) is 5.69 Å². The fourth-order valence-electron chi connectivity index (χ4n) is 1.78. The Balaban J connectivity index is 2.70. The van der Waals surface area contributed by atoms with Crippen molar-refractivity contribution in [2.45, 2.75) is 6.18 Å². The Bertz CT molecular complexity index is 889. The van der Waals surface area contributed by atoms with Gasteiger partial charge in [-0.25, -0.2) is 13.1 Å². The third kappa shape index (κ3) is 3.79. The Morgan fingerprint density at radius 3 is 2.21 bits per heavy atom. The van der Waals surface area contributed by atoms with Crippen molar-refractivity contribution in [3.05, 3.63) is 38.8 Å². The molecule has 0 amide bonds. The summed E-state index contributed by atoms with van der Waals surface area (Å²) in [6.07, 6.45) is -2.97. The molecule has 24 heavy (non-hydrogen) atoms. The van der Waals surface area contributed by atoms with Gasteiger partial charge in [-0.1, -0.05) is 23.2 Å². The molecular formula is C11H7Cl2F3N4O3S. The zero-order valence-electron chi connectivity index (χ0n) is 11.6. The van der Waals surface area contributed by atoms with Crippen LogP contribution in [0.25, 0.3) is 5.69 Å². The SMILES string of the molecule is CS(=O)(=O)Nc1c(N=O)cnn1-c1c(Cl)cc(C(F)(F)F)cc1Cl. The summed E-state index contributed by atoms with van der Waals surface area (Å²) >= 11 is 11.7. The number of benzene rings is 1. The maximum Gasteiger partial charge on any atom is 0.416 e. The van der Waals surface area contributed by atoms with E-state index in [1.807, 2.05) is 4.72 Å². The van der Waals surface area contributed by atoms with Crippen molar-refractivity contribution in [1.29, 1.82) is 0 Å². The van der Waals surface area contributed by atoms with Gasteiger partial charge in [0.2, 0.25) is 10.0 Å². The number of rotatable bonds is 4. The highest BCUT2D eigenvalue weighted by molar-refractivity contribution is 7.92. The largest absolute Gasteiger partial charge is 0.416 e. The van der Waals surface area contributed by atoms with Gasteiger partial charge in [0, 0.05) is 0 Å². The summed E-state index contributed by atoms with van der Waals surface area (Å²) in [7, 11) is -3.84. The summed E-state index contributed by atoms with van der Waals surface area (Å²) < 4.78 is 63.8. The summed E-state index contributed by atoms with van der Waals surface area (Å²) in [4.78, 5) is 10.8. The van der Waals surface area contributed by atoms with Gasteiger partial charge in [-0.15, -0.1) is 4.91 Å². The third-order valence-corrected chi connectivity index (χ3v) is 3.83. The molecule has 2 aromatic rings. The molecule has 7 nitrogen and oxygen atoms in total. The molecule has 0 atom stereocenters. The highest BCUT2D eigenvalue weighted by Crippen LogP contribution is 2.39. The summed E-state index contributed by atoms with van der Waals surface area (Å²) in [6.45, 7) is 0. The number of sulfonamides is 1. The fraction of sp³-hybridized carbons (Fsp3) is 0.182. The third-order valence-electron chi connectivity index (χ3n) is 2.69. The van der Waals surface area contributed by atoms with Crippen LogP contribution >= 0.6 is 23.2 Å². The number of nitroso groups, excluding NO2 is 1. The van der Waals surface area contributed by atoms with E-state index < -0.39 is 43.3 Å². The molecule has 0 spiro atoms. The number of aromatic nitrogens is 2. The van der Waals surface area contributed by atoms with Crippen molar-refractivity contribution in [2.75, 3.05) is 11.0 Å². The smallest absolute Gasteiger partial charge is 0.266 e. The number of halogens is 5. The van der Waals surface area contributed by atoms with Crippen LogP contribution in [-0.2, 0) is 16.2 Å². The number of alkyl halides is 3. The predicted molar refractivity (Wildman–Crippen MR) is 82.5 cm³/mol. The summed E-state index contributed by atoms with van der Waals surface area (Å²) in [6, 6.07) is 1.20. The van der Waals surface area contributed by atoms with E-state index in [0.29, 0.717) is 12.1 Å². The average molecular weight is 403 g/mol. The van der Waals surface area contributed by atoms with Crippen molar-refractivity contribution < 1.29 is 21.6 Å². The first kappa shape index (κ1) is 18.5. The minimum absolute atomic E-state index is 0.243. The van der Waals surface area contributed by atoms with Gasteiger partial charge in [-0.2, -0.15) is 18.3 Å². The van der Waals surface area contributed by atoms with Gasteiger partial charge in [-0.3, -0.25) is 4.72 Å². The maximum atomic E-state index is 12.8. The number of nitrogens with one attached hydrogen (secondary N) is 1. The van der Waals surface area contributed by atoms with Crippen LogP contribution in [0.2, 0.25) is 10.0 Å². The summed E-state index contributed by atoms with van der Waals surface area (Å²) in [5.74, 6) is -0.406. The lowest BCUT2D eigenvalue weighted by molar-refractivity contribution is -0.137. The fourth-order valence-corrected chi connectivity index (χ4v) is 2.97. The molecule has 0 fully saturated rings. The molecule has 0 aliphatic carbocycles. The van der Waals surface area contributed by atoms with Crippen molar-refractivity contribution >= 4 is 44.7 Å². The van der Waals surface area contributed by atoms with Crippen LogP contribution in [0.4, 0.5) is 24.7 Å². The Morgan fingerprint density at radius 2 is 1.79 bits per heavy atom. The van der Waals surface area contributed by atoms with E-state index in [1.165, 1.54) is 0 Å².